The number of hydrogen-bond acceptors (Lipinski definition) is 4. The van der Waals surface area contributed by atoms with E-state index in [2.05, 4.69) is 30.9 Å². The maximum Gasteiger partial charge on any atom is 0.265 e. The largest absolute Gasteiger partial charge is 0.309 e. The van der Waals surface area contributed by atoms with Crippen molar-refractivity contribution in [3.8, 4) is 0 Å². The molecule has 2 heterocycles. The van der Waals surface area contributed by atoms with Crippen LogP contribution in [0.1, 0.15) is 43.0 Å². The molecule has 2 rings (SSSR count). The smallest absolute Gasteiger partial charge is 0.265 e. The molecule has 0 aliphatic rings. The van der Waals surface area contributed by atoms with E-state index in [0.717, 1.165) is 16.4 Å². The number of rotatable bonds is 2. The quantitative estimate of drug-likeness (QED) is 0.912. The highest BCUT2D eigenvalue weighted by Crippen LogP contribution is 2.25. The minimum absolute atomic E-state index is 0.136. The molecule has 0 unspecified atom stereocenters. The van der Waals surface area contributed by atoms with Gasteiger partial charge >= 0.3 is 0 Å². The first-order valence-corrected chi connectivity index (χ1v) is 7.65. The number of nitrogens with one attached hydrogen (secondary N) is 1. The third kappa shape index (κ3) is 3.30. The summed E-state index contributed by atoms with van der Waals surface area (Å²) in [5.74, 6) is 0.660. The van der Waals surface area contributed by atoms with Crippen LogP contribution in [0.2, 0.25) is 0 Å². The van der Waals surface area contributed by atoms with Crippen molar-refractivity contribution in [3.63, 3.8) is 0 Å². The molecule has 0 bridgehead atoms. The molecule has 0 saturated carbocycles. The van der Waals surface area contributed by atoms with Crippen LogP contribution < -0.4 is 5.56 Å². The average molecular weight is 342 g/mol. The molecule has 2 aromatic rings. The Hall–Kier alpha value is -1.01. The van der Waals surface area contributed by atoms with Crippen LogP contribution in [0.3, 0.4) is 0 Å². The van der Waals surface area contributed by atoms with Gasteiger partial charge in [0.15, 0.2) is 0 Å². The number of thiazole rings is 1. The van der Waals surface area contributed by atoms with Gasteiger partial charge in [0.05, 0.1) is 12.1 Å². The Morgan fingerprint density at radius 3 is 2.58 bits per heavy atom. The lowest BCUT2D eigenvalue weighted by molar-refractivity contribution is 0.557. The summed E-state index contributed by atoms with van der Waals surface area (Å²) in [6.07, 6.45) is 0.560. The van der Waals surface area contributed by atoms with Crippen molar-refractivity contribution < 1.29 is 0 Å². The second-order valence-electron chi connectivity index (χ2n) is 5.48. The molecule has 0 spiro atoms. The topological polar surface area (TPSA) is 58.6 Å². The van der Waals surface area contributed by atoms with E-state index in [9.17, 15) is 4.79 Å². The van der Waals surface area contributed by atoms with Gasteiger partial charge in [-0.3, -0.25) is 4.79 Å². The van der Waals surface area contributed by atoms with Crippen molar-refractivity contribution >= 4 is 27.3 Å². The molecule has 0 aliphatic carbocycles. The zero-order chi connectivity index (χ0) is 14.2. The van der Waals surface area contributed by atoms with Gasteiger partial charge in [-0.25, -0.2) is 9.97 Å². The first-order valence-electron chi connectivity index (χ1n) is 5.97. The normalized spacial score (nSPS) is 11.8. The Balaban J connectivity index is 2.43. The van der Waals surface area contributed by atoms with Gasteiger partial charge in [0.2, 0.25) is 0 Å². The Labute approximate surface area is 124 Å². The third-order valence-corrected chi connectivity index (χ3v) is 4.31. The maximum atomic E-state index is 11.9. The lowest BCUT2D eigenvalue weighted by atomic mass is 9.92. The van der Waals surface area contributed by atoms with Crippen LogP contribution in [0.25, 0.3) is 0 Å². The molecule has 0 aliphatic heterocycles. The van der Waals surface area contributed by atoms with E-state index in [-0.39, 0.29) is 11.0 Å². The first kappa shape index (κ1) is 14.4. The lowest BCUT2D eigenvalue weighted by Gasteiger charge is -2.19. The highest BCUT2D eigenvalue weighted by molar-refractivity contribution is 9.10. The fourth-order valence-electron chi connectivity index (χ4n) is 1.71. The van der Waals surface area contributed by atoms with E-state index in [1.54, 1.807) is 11.3 Å². The van der Waals surface area contributed by atoms with Crippen molar-refractivity contribution in [3.05, 3.63) is 42.4 Å². The van der Waals surface area contributed by atoms with Gasteiger partial charge in [0.25, 0.3) is 5.56 Å². The van der Waals surface area contributed by atoms with Gasteiger partial charge in [-0.2, -0.15) is 0 Å². The SMILES string of the molecule is Cc1csc(Cc2nc(C(C)(C)C)c(Br)c(=O)[nH]2)n1. The number of halogens is 1. The molecule has 6 heteroatoms. The van der Waals surface area contributed by atoms with Gasteiger partial charge in [-0.15, -0.1) is 11.3 Å². The third-order valence-electron chi connectivity index (χ3n) is 2.61. The highest BCUT2D eigenvalue weighted by Gasteiger charge is 2.22. The van der Waals surface area contributed by atoms with Gasteiger partial charge < -0.3 is 4.98 Å². The van der Waals surface area contributed by atoms with E-state index in [4.69, 9.17) is 0 Å². The van der Waals surface area contributed by atoms with Gasteiger partial charge in [0, 0.05) is 16.5 Å². The lowest BCUT2D eigenvalue weighted by Crippen LogP contribution is -2.23. The van der Waals surface area contributed by atoms with Crippen LogP contribution in [0.4, 0.5) is 0 Å². The maximum absolute atomic E-state index is 11.9. The first-order chi connectivity index (χ1) is 8.77. The summed E-state index contributed by atoms with van der Waals surface area (Å²) in [5, 5.41) is 2.96. The zero-order valence-electron chi connectivity index (χ0n) is 11.4. The molecule has 0 saturated heterocycles. The van der Waals surface area contributed by atoms with Crippen molar-refractivity contribution in [2.24, 2.45) is 0 Å². The fraction of sp³-hybridized carbons (Fsp3) is 0.462. The number of aryl methyl sites for hydroxylation is 1. The molecule has 102 valence electrons. The van der Waals surface area contributed by atoms with Crippen molar-refractivity contribution in [2.75, 3.05) is 0 Å². The van der Waals surface area contributed by atoms with E-state index in [1.165, 1.54) is 0 Å². The molecular formula is C13H16BrN3OS. The summed E-state index contributed by atoms with van der Waals surface area (Å²) in [7, 11) is 0. The monoisotopic (exact) mass is 341 g/mol. The highest BCUT2D eigenvalue weighted by atomic mass is 79.9. The summed E-state index contributed by atoms with van der Waals surface area (Å²) >= 11 is 4.90. The summed E-state index contributed by atoms with van der Waals surface area (Å²) < 4.78 is 0.513. The van der Waals surface area contributed by atoms with Crippen LogP contribution in [-0.2, 0) is 11.8 Å². The fourth-order valence-corrected chi connectivity index (χ4v) is 3.27. The van der Waals surface area contributed by atoms with E-state index in [1.807, 2.05) is 33.1 Å². The van der Waals surface area contributed by atoms with E-state index < -0.39 is 0 Å². The molecule has 4 nitrogen and oxygen atoms in total. The van der Waals surface area contributed by atoms with Crippen LogP contribution in [0, 0.1) is 6.92 Å². The van der Waals surface area contributed by atoms with E-state index in [0.29, 0.717) is 16.7 Å². The molecule has 2 aromatic heterocycles. The molecular weight excluding hydrogens is 326 g/mol. The molecule has 19 heavy (non-hydrogen) atoms. The van der Waals surface area contributed by atoms with E-state index >= 15 is 0 Å². The Bertz CT molecular complexity index is 655. The van der Waals surface area contributed by atoms with Crippen LogP contribution in [0.15, 0.2) is 14.6 Å². The number of aromatic nitrogens is 3. The van der Waals surface area contributed by atoms with Crippen LogP contribution in [-0.4, -0.2) is 15.0 Å². The summed E-state index contributed by atoms with van der Waals surface area (Å²) in [6.45, 7) is 8.07. The number of hydrogen-bond donors (Lipinski definition) is 1. The van der Waals surface area contributed by atoms with Crippen molar-refractivity contribution in [1.29, 1.82) is 0 Å². The molecule has 0 aromatic carbocycles. The molecule has 0 fully saturated rings. The predicted molar refractivity (Wildman–Crippen MR) is 80.9 cm³/mol. The van der Waals surface area contributed by atoms with Gasteiger partial charge in [-0.1, -0.05) is 20.8 Å². The summed E-state index contributed by atoms with van der Waals surface area (Å²) in [5.41, 5.74) is 1.46. The minimum Gasteiger partial charge on any atom is -0.309 e. The van der Waals surface area contributed by atoms with Gasteiger partial charge in [0.1, 0.15) is 15.3 Å². The molecule has 0 amide bonds. The number of aromatic amines is 1. The Morgan fingerprint density at radius 2 is 2.05 bits per heavy atom. The van der Waals surface area contributed by atoms with Crippen LogP contribution >= 0.6 is 27.3 Å². The van der Waals surface area contributed by atoms with Crippen molar-refractivity contribution in [1.82, 2.24) is 15.0 Å². The Morgan fingerprint density at radius 1 is 1.37 bits per heavy atom. The molecule has 0 atom stereocenters. The number of H-pyrrole nitrogens is 1. The molecule has 1 N–H and O–H groups in total. The average Bonchev–Trinajstić information content (AvgIpc) is 2.67. The van der Waals surface area contributed by atoms with Gasteiger partial charge in [-0.05, 0) is 22.9 Å². The minimum atomic E-state index is -0.180. The Kier molecular flexibility index (Phi) is 3.92. The molecule has 0 radical (unpaired) electrons. The second-order valence-corrected chi connectivity index (χ2v) is 7.22. The van der Waals surface area contributed by atoms with Crippen LogP contribution in [0.5, 0.6) is 0 Å². The standard InChI is InChI=1S/C13H16BrN3OS/c1-7-6-19-9(15-7)5-8-16-11(13(2,3)4)10(14)12(18)17-8/h6H,5H2,1-4H3,(H,16,17,18). The summed E-state index contributed by atoms with van der Waals surface area (Å²) in [4.78, 5) is 23.7. The van der Waals surface area contributed by atoms with Crippen molar-refractivity contribution in [2.45, 2.75) is 39.5 Å². The summed E-state index contributed by atoms with van der Waals surface area (Å²) in [6, 6.07) is 0. The number of nitrogens with zero attached hydrogens (tertiary/aromatic N) is 2. The second kappa shape index (κ2) is 5.17. The predicted octanol–water partition coefficient (Wildman–Crippen LogP) is 3.19. The zero-order valence-corrected chi connectivity index (χ0v) is 13.8.